The predicted octanol–water partition coefficient (Wildman–Crippen LogP) is 6.22. The van der Waals surface area contributed by atoms with Crippen molar-refractivity contribution >= 4 is 45.5 Å². The Morgan fingerprint density at radius 2 is 1.31 bits per heavy atom. The second-order valence-electron chi connectivity index (χ2n) is 11.7. The summed E-state index contributed by atoms with van der Waals surface area (Å²) >= 11 is 5.05. The van der Waals surface area contributed by atoms with Crippen molar-refractivity contribution in [2.75, 3.05) is 0 Å². The van der Waals surface area contributed by atoms with Gasteiger partial charge in [0.25, 0.3) is 0 Å². The molecule has 8 rings (SSSR count). The summed E-state index contributed by atoms with van der Waals surface area (Å²) in [6.45, 7) is 0. The van der Waals surface area contributed by atoms with Gasteiger partial charge in [-0.25, -0.2) is 9.98 Å². The smallest absolute Gasteiger partial charge is 0.377 e. The molecule has 3 aromatic rings. The first-order valence-corrected chi connectivity index (χ1v) is 15.2. The highest BCUT2D eigenvalue weighted by atomic mass is 35.5. The molecule has 0 spiro atoms. The summed E-state index contributed by atoms with van der Waals surface area (Å²) in [5, 5.41) is -2.11. The second kappa shape index (κ2) is 10.4. The van der Waals surface area contributed by atoms with Crippen molar-refractivity contribution in [1.82, 2.24) is 10.3 Å². The van der Waals surface area contributed by atoms with Crippen LogP contribution in [0.25, 0.3) is 16.7 Å². The number of ketones is 1. The second-order valence-corrected chi connectivity index (χ2v) is 12.2. The van der Waals surface area contributed by atoms with Crippen LogP contribution in [0.3, 0.4) is 0 Å². The molecule has 5 aliphatic rings. The van der Waals surface area contributed by atoms with Gasteiger partial charge in [0.2, 0.25) is 5.78 Å². The summed E-state index contributed by atoms with van der Waals surface area (Å²) in [6.07, 6.45) is 6.72. The maximum atomic E-state index is 15.7. The fourth-order valence-electron chi connectivity index (χ4n) is 6.73. The Labute approximate surface area is 273 Å². The van der Waals surface area contributed by atoms with E-state index in [1.54, 1.807) is 60.7 Å². The Balaban J connectivity index is 1.51. The lowest BCUT2D eigenvalue weighted by Crippen LogP contribution is -2.42. The number of rotatable bonds is 4. The quantitative estimate of drug-likeness (QED) is 0.255. The third-order valence-corrected chi connectivity index (χ3v) is 9.14. The predicted molar refractivity (Wildman–Crippen MR) is 170 cm³/mol. The fraction of sp³-hybridized carbons (Fsp3) is 0.139. The van der Waals surface area contributed by atoms with Crippen molar-refractivity contribution < 1.29 is 31.1 Å². The van der Waals surface area contributed by atoms with Crippen LogP contribution in [0.5, 0.6) is 0 Å². The molecule has 2 unspecified atom stereocenters. The first-order valence-electron chi connectivity index (χ1n) is 14.8. The van der Waals surface area contributed by atoms with E-state index in [9.17, 15) is 13.6 Å². The van der Waals surface area contributed by atoms with Crippen molar-refractivity contribution in [3.63, 3.8) is 0 Å². The van der Waals surface area contributed by atoms with Crippen LogP contribution in [-0.4, -0.2) is 45.5 Å². The minimum absolute atomic E-state index is 0.0205. The Morgan fingerprint density at radius 3 is 1.98 bits per heavy atom. The van der Waals surface area contributed by atoms with Gasteiger partial charge >= 0.3 is 17.2 Å². The summed E-state index contributed by atoms with van der Waals surface area (Å²) in [5.74, 6) is -11.7. The van der Waals surface area contributed by atoms with Crippen LogP contribution in [0.1, 0.15) is 11.1 Å². The van der Waals surface area contributed by atoms with Gasteiger partial charge < -0.3 is 10.3 Å². The third-order valence-electron chi connectivity index (χ3n) is 8.91. The normalized spacial score (nSPS) is 28.1. The number of aromatic nitrogens is 1. The molecule has 240 valence electrons. The molecule has 5 heterocycles. The lowest BCUT2D eigenvalue weighted by molar-refractivity contribution is -0.138. The number of benzene rings is 2. The number of carbonyl (C=O) groups is 1. The molecule has 1 aliphatic carbocycles. The molecule has 0 amide bonds. The lowest BCUT2D eigenvalue weighted by Gasteiger charge is -2.23. The number of fused-ring (bicyclic) bond motifs is 5. The molecule has 5 nitrogen and oxygen atoms in total. The SMILES string of the molecule is O=C1/C2=C3\C=CC(=N3)/C(c3ccccc3)=c3/cc/c([nH]3)=C(\C(F)(F)C(F)(F)Cl)C3=N/C(=C(/c4ccccc4)C4=CC(C2N4)C1(F)F)C=C3. The van der Waals surface area contributed by atoms with Gasteiger partial charge in [0, 0.05) is 22.2 Å². The minimum atomic E-state index is -5.01. The van der Waals surface area contributed by atoms with Crippen molar-refractivity contribution in [1.29, 1.82) is 0 Å². The van der Waals surface area contributed by atoms with Gasteiger partial charge in [-0.15, -0.1) is 0 Å². The fourth-order valence-corrected chi connectivity index (χ4v) is 6.83. The van der Waals surface area contributed by atoms with E-state index in [4.69, 9.17) is 11.6 Å². The zero-order valence-corrected chi connectivity index (χ0v) is 25.2. The number of aromatic amines is 1. The van der Waals surface area contributed by atoms with Gasteiger partial charge in [-0.05, 0) is 65.2 Å². The highest BCUT2D eigenvalue weighted by Gasteiger charge is 2.63. The van der Waals surface area contributed by atoms with Crippen LogP contribution in [-0.2, 0) is 4.79 Å². The summed E-state index contributed by atoms with van der Waals surface area (Å²) in [4.78, 5) is 25.1. The molecule has 2 atom stereocenters. The van der Waals surface area contributed by atoms with Gasteiger partial charge in [0.05, 0.1) is 51.3 Å². The standard InChI is InChI=1S/C36H21ClF6N4O/c37-36(42,43)35(40,41)31-25-15-13-22(45-25)28(18-7-3-1-4-8-18)21-11-12-24(44-21)30-32-20(34(38,39)33(30)48)17-27(47-32)29(19-9-5-2-6-10-19)23-14-16-26(31)46-23/h1-17,20,32,45,47H/b28-22-,29-23-,30-24+,31-25+. The van der Waals surface area contributed by atoms with Crippen LogP contribution in [0, 0.1) is 5.92 Å². The molecular weight excluding hydrogens is 654 g/mol. The van der Waals surface area contributed by atoms with E-state index in [0.29, 0.717) is 16.7 Å². The average molecular weight is 675 g/mol. The number of allylic oxidation sites excluding steroid dienone is 5. The maximum Gasteiger partial charge on any atom is 0.388 e. The highest BCUT2D eigenvalue weighted by molar-refractivity contribution is 6.32. The number of aliphatic imine (C=N–C) groups is 2. The molecule has 1 aromatic heterocycles. The number of halogens is 7. The number of alkyl halides is 7. The topological polar surface area (TPSA) is 69.6 Å². The largest absolute Gasteiger partial charge is 0.388 e. The average Bonchev–Trinajstić information content (AvgIpc) is 3.89. The van der Waals surface area contributed by atoms with Crippen molar-refractivity contribution in [2.45, 2.75) is 23.3 Å². The van der Waals surface area contributed by atoms with Crippen LogP contribution in [0.15, 0.2) is 136 Å². The van der Waals surface area contributed by atoms with Gasteiger partial charge in [-0.1, -0.05) is 60.7 Å². The van der Waals surface area contributed by atoms with Gasteiger partial charge in [-0.2, -0.15) is 26.3 Å². The zero-order valence-electron chi connectivity index (χ0n) is 24.4. The number of H-pyrrole nitrogens is 1. The maximum absolute atomic E-state index is 15.7. The van der Waals surface area contributed by atoms with Crippen LogP contribution < -0.4 is 16.0 Å². The van der Waals surface area contributed by atoms with E-state index in [0.717, 1.165) is 6.08 Å². The molecule has 2 N–H and O–H groups in total. The van der Waals surface area contributed by atoms with E-state index in [2.05, 4.69) is 20.3 Å². The number of carbonyl (C=O) groups excluding carboxylic acids is 1. The van der Waals surface area contributed by atoms with Gasteiger partial charge in [0.1, 0.15) is 0 Å². The Morgan fingerprint density at radius 1 is 0.729 bits per heavy atom. The number of nitrogens with one attached hydrogen (secondary N) is 2. The van der Waals surface area contributed by atoms with Crippen molar-refractivity contribution in [3.8, 4) is 0 Å². The minimum Gasteiger partial charge on any atom is -0.377 e. The summed E-state index contributed by atoms with van der Waals surface area (Å²) in [7, 11) is 0. The molecule has 48 heavy (non-hydrogen) atoms. The van der Waals surface area contributed by atoms with Crippen molar-refractivity contribution in [2.24, 2.45) is 15.9 Å². The Kier molecular flexibility index (Phi) is 6.55. The molecule has 12 heteroatoms. The molecular formula is C36H21ClF6N4O. The number of hydrogen-bond donors (Lipinski definition) is 2. The molecule has 0 radical (unpaired) electrons. The molecule has 0 saturated heterocycles. The van der Waals surface area contributed by atoms with E-state index in [-0.39, 0.29) is 44.6 Å². The summed E-state index contributed by atoms with van der Waals surface area (Å²) in [5.41, 5.74) is 0.218. The first kappa shape index (κ1) is 30.2. The Bertz CT molecular complexity index is 2270. The van der Waals surface area contributed by atoms with Crippen molar-refractivity contribution in [3.05, 3.63) is 148 Å². The molecule has 4 aliphatic heterocycles. The van der Waals surface area contributed by atoms with E-state index < -0.39 is 46.3 Å². The van der Waals surface area contributed by atoms with Crippen LogP contribution in [0.2, 0.25) is 0 Å². The van der Waals surface area contributed by atoms with Gasteiger partial charge in [0.15, 0.2) is 0 Å². The van der Waals surface area contributed by atoms with Crippen LogP contribution in [0.4, 0.5) is 26.3 Å². The monoisotopic (exact) mass is 674 g/mol. The van der Waals surface area contributed by atoms with Crippen LogP contribution >= 0.6 is 11.6 Å². The lowest BCUT2D eigenvalue weighted by atomic mass is 9.98. The van der Waals surface area contributed by atoms with E-state index in [1.807, 2.05) is 0 Å². The number of nitrogens with zero attached hydrogens (tertiary/aromatic N) is 2. The molecule has 1 saturated carbocycles. The number of Topliss-reactive ketones (excluding diaryl/α,β-unsaturated/α-hetero) is 1. The summed E-state index contributed by atoms with van der Waals surface area (Å²) < 4.78 is 92.0. The van der Waals surface area contributed by atoms with Gasteiger partial charge in [-0.3, -0.25) is 4.79 Å². The van der Waals surface area contributed by atoms with E-state index >= 15 is 17.6 Å². The zero-order chi connectivity index (χ0) is 33.6. The highest BCUT2D eigenvalue weighted by Crippen LogP contribution is 2.50. The molecule has 8 bridgehead atoms. The number of hydrogen-bond acceptors (Lipinski definition) is 4. The third kappa shape index (κ3) is 4.44. The summed E-state index contributed by atoms with van der Waals surface area (Å²) in [6, 6.07) is 18.5. The molecule has 2 aromatic carbocycles. The Hall–Kier alpha value is -5.16. The van der Waals surface area contributed by atoms with E-state index in [1.165, 1.54) is 36.4 Å². The first-order chi connectivity index (χ1) is 22.9. The molecule has 1 fully saturated rings.